The molecule has 0 aromatic rings. The van der Waals surface area contributed by atoms with Crippen LogP contribution in [-0.2, 0) is 9.53 Å². The van der Waals surface area contributed by atoms with Crippen LogP contribution in [0.15, 0.2) is 12.2 Å². The van der Waals surface area contributed by atoms with Crippen LogP contribution < -0.4 is 0 Å². The summed E-state index contributed by atoms with van der Waals surface area (Å²) in [5.41, 5.74) is 0. The van der Waals surface area contributed by atoms with Crippen molar-refractivity contribution in [2.24, 2.45) is 17.8 Å². The SMILES string of the molecule is COC(=O)C(Cl)C1CC2C=CC1C2. The predicted molar refractivity (Wildman–Crippen MR) is 50.5 cm³/mol. The zero-order valence-electron chi connectivity index (χ0n) is 7.57. The number of hydrogen-bond donors (Lipinski definition) is 0. The summed E-state index contributed by atoms with van der Waals surface area (Å²) in [6, 6.07) is 0. The highest BCUT2D eigenvalue weighted by Gasteiger charge is 2.42. The summed E-state index contributed by atoms with van der Waals surface area (Å²) in [7, 11) is 1.39. The van der Waals surface area contributed by atoms with Crippen LogP contribution in [0.25, 0.3) is 0 Å². The summed E-state index contributed by atoms with van der Waals surface area (Å²) in [5.74, 6) is 1.17. The molecular formula is C10H13ClO2. The molecule has 0 aliphatic heterocycles. The molecule has 2 aliphatic rings. The third-order valence-corrected chi connectivity index (χ3v) is 3.63. The molecule has 0 spiro atoms. The van der Waals surface area contributed by atoms with Gasteiger partial charge in [-0.05, 0) is 30.6 Å². The maximum absolute atomic E-state index is 11.2. The van der Waals surface area contributed by atoms with E-state index in [1.54, 1.807) is 0 Å². The molecular weight excluding hydrogens is 188 g/mol. The number of hydrogen-bond acceptors (Lipinski definition) is 2. The number of allylic oxidation sites excluding steroid dienone is 2. The van der Waals surface area contributed by atoms with Crippen molar-refractivity contribution in [3.8, 4) is 0 Å². The lowest BCUT2D eigenvalue weighted by Gasteiger charge is -2.21. The summed E-state index contributed by atoms with van der Waals surface area (Å²) >= 11 is 6.02. The Labute approximate surface area is 82.9 Å². The highest BCUT2D eigenvalue weighted by atomic mass is 35.5. The second-order valence-electron chi connectivity index (χ2n) is 3.87. The molecule has 2 nitrogen and oxygen atoms in total. The Kier molecular flexibility index (Phi) is 2.33. The summed E-state index contributed by atoms with van der Waals surface area (Å²) < 4.78 is 4.64. The minimum atomic E-state index is -0.454. The lowest BCUT2D eigenvalue weighted by Crippen LogP contribution is -2.28. The molecule has 1 fully saturated rings. The monoisotopic (exact) mass is 200 g/mol. The number of methoxy groups -OCH3 is 1. The second-order valence-corrected chi connectivity index (χ2v) is 4.34. The molecule has 1 saturated carbocycles. The lowest BCUT2D eigenvalue weighted by atomic mass is 9.90. The van der Waals surface area contributed by atoms with Gasteiger partial charge < -0.3 is 4.74 Å². The van der Waals surface area contributed by atoms with Gasteiger partial charge >= 0.3 is 5.97 Å². The Morgan fingerprint density at radius 3 is 2.77 bits per heavy atom. The number of carbonyl (C=O) groups is 1. The first-order chi connectivity index (χ1) is 6.22. The number of esters is 1. The minimum Gasteiger partial charge on any atom is -0.468 e. The number of carbonyl (C=O) groups excluding carboxylic acids is 1. The maximum atomic E-state index is 11.2. The molecule has 0 aromatic heterocycles. The summed E-state index contributed by atoms with van der Waals surface area (Å²) in [4.78, 5) is 11.2. The normalized spacial score (nSPS) is 37.8. The van der Waals surface area contributed by atoms with E-state index in [0.717, 1.165) is 6.42 Å². The van der Waals surface area contributed by atoms with Crippen LogP contribution in [-0.4, -0.2) is 18.5 Å². The number of alkyl halides is 1. The van der Waals surface area contributed by atoms with Gasteiger partial charge in [-0.15, -0.1) is 11.6 Å². The van der Waals surface area contributed by atoms with Crippen LogP contribution in [0.5, 0.6) is 0 Å². The average Bonchev–Trinajstić information content (AvgIpc) is 2.76. The molecule has 0 amide bonds. The number of halogens is 1. The second kappa shape index (κ2) is 3.33. The van der Waals surface area contributed by atoms with Crippen molar-refractivity contribution < 1.29 is 9.53 Å². The van der Waals surface area contributed by atoms with Crippen LogP contribution in [0.4, 0.5) is 0 Å². The van der Waals surface area contributed by atoms with Crippen LogP contribution in [0, 0.1) is 17.8 Å². The Bertz CT molecular complexity index is 249. The van der Waals surface area contributed by atoms with Crippen molar-refractivity contribution >= 4 is 17.6 Å². The molecule has 4 atom stereocenters. The van der Waals surface area contributed by atoms with Gasteiger partial charge in [-0.2, -0.15) is 0 Å². The largest absolute Gasteiger partial charge is 0.468 e. The zero-order valence-corrected chi connectivity index (χ0v) is 8.33. The van der Waals surface area contributed by atoms with Crippen LogP contribution in [0.1, 0.15) is 12.8 Å². The third-order valence-electron chi connectivity index (χ3n) is 3.13. The van der Waals surface area contributed by atoms with Crippen molar-refractivity contribution in [1.82, 2.24) is 0 Å². The maximum Gasteiger partial charge on any atom is 0.324 e. The minimum absolute atomic E-state index is 0.285. The van der Waals surface area contributed by atoms with Gasteiger partial charge in [-0.3, -0.25) is 4.79 Å². The lowest BCUT2D eigenvalue weighted by molar-refractivity contribution is -0.141. The quantitative estimate of drug-likeness (QED) is 0.387. The van der Waals surface area contributed by atoms with E-state index >= 15 is 0 Å². The van der Waals surface area contributed by atoms with E-state index < -0.39 is 5.38 Å². The summed E-state index contributed by atoms with van der Waals surface area (Å²) in [6.45, 7) is 0. The number of ether oxygens (including phenoxy) is 1. The van der Waals surface area contributed by atoms with Crippen LogP contribution >= 0.6 is 11.6 Å². The highest BCUT2D eigenvalue weighted by molar-refractivity contribution is 6.30. The molecule has 0 aromatic carbocycles. The molecule has 2 aliphatic carbocycles. The van der Waals surface area contributed by atoms with E-state index in [4.69, 9.17) is 11.6 Å². The van der Waals surface area contributed by atoms with E-state index in [1.165, 1.54) is 13.5 Å². The van der Waals surface area contributed by atoms with Gasteiger partial charge in [-0.1, -0.05) is 12.2 Å². The van der Waals surface area contributed by atoms with Gasteiger partial charge in [0.2, 0.25) is 0 Å². The molecule has 4 unspecified atom stereocenters. The third kappa shape index (κ3) is 1.48. The molecule has 0 radical (unpaired) electrons. The molecule has 13 heavy (non-hydrogen) atoms. The fraction of sp³-hybridized carbons (Fsp3) is 0.700. The fourth-order valence-corrected chi connectivity index (χ4v) is 2.83. The Hall–Kier alpha value is -0.500. The molecule has 72 valence electrons. The van der Waals surface area contributed by atoms with Crippen molar-refractivity contribution in [2.75, 3.05) is 7.11 Å². The first-order valence-electron chi connectivity index (χ1n) is 4.62. The standard InChI is InChI=1S/C10H13ClO2/c1-13-10(12)9(11)8-5-6-2-3-7(8)4-6/h2-3,6-9H,4-5H2,1H3. The topological polar surface area (TPSA) is 26.3 Å². The first kappa shape index (κ1) is 9.07. The van der Waals surface area contributed by atoms with Crippen LogP contribution in [0.2, 0.25) is 0 Å². The van der Waals surface area contributed by atoms with Crippen molar-refractivity contribution in [3.05, 3.63) is 12.2 Å². The fourth-order valence-electron chi connectivity index (χ4n) is 2.45. The van der Waals surface area contributed by atoms with Gasteiger partial charge in [0.15, 0.2) is 0 Å². The van der Waals surface area contributed by atoms with Gasteiger partial charge in [-0.25, -0.2) is 0 Å². The summed E-state index contributed by atoms with van der Waals surface area (Å²) in [5, 5.41) is -0.454. The van der Waals surface area contributed by atoms with E-state index in [1.807, 2.05) is 0 Å². The Balaban J connectivity index is 2.02. The molecule has 2 rings (SSSR count). The van der Waals surface area contributed by atoms with E-state index in [-0.39, 0.29) is 5.97 Å². The molecule has 0 saturated heterocycles. The smallest absolute Gasteiger partial charge is 0.324 e. The van der Waals surface area contributed by atoms with E-state index in [9.17, 15) is 4.79 Å². The van der Waals surface area contributed by atoms with Gasteiger partial charge in [0.25, 0.3) is 0 Å². The van der Waals surface area contributed by atoms with Crippen molar-refractivity contribution in [1.29, 1.82) is 0 Å². The van der Waals surface area contributed by atoms with Gasteiger partial charge in [0, 0.05) is 0 Å². The molecule has 0 N–H and O–H groups in total. The van der Waals surface area contributed by atoms with Gasteiger partial charge in [0.05, 0.1) is 7.11 Å². The first-order valence-corrected chi connectivity index (χ1v) is 5.06. The number of rotatable bonds is 2. The Morgan fingerprint density at radius 1 is 1.54 bits per heavy atom. The highest BCUT2D eigenvalue weighted by Crippen LogP contribution is 2.46. The van der Waals surface area contributed by atoms with Crippen molar-refractivity contribution in [2.45, 2.75) is 18.2 Å². The summed E-state index contributed by atoms with van der Waals surface area (Å²) in [6.07, 6.45) is 6.65. The molecule has 0 heterocycles. The average molecular weight is 201 g/mol. The van der Waals surface area contributed by atoms with Crippen molar-refractivity contribution in [3.63, 3.8) is 0 Å². The molecule has 3 heteroatoms. The molecule has 2 bridgehead atoms. The van der Waals surface area contributed by atoms with Crippen LogP contribution in [0.3, 0.4) is 0 Å². The van der Waals surface area contributed by atoms with E-state index in [0.29, 0.717) is 17.8 Å². The van der Waals surface area contributed by atoms with Gasteiger partial charge in [0.1, 0.15) is 5.38 Å². The zero-order chi connectivity index (χ0) is 9.42. The Morgan fingerprint density at radius 2 is 2.31 bits per heavy atom. The number of fused-ring (bicyclic) bond motifs is 2. The predicted octanol–water partition coefficient (Wildman–Crippen LogP) is 1.98. The van der Waals surface area contributed by atoms with E-state index in [2.05, 4.69) is 16.9 Å².